The standard InChI is InChI=1S/C14H28N4/c1-7-8-11-12(15)13(18(6)17-11)16-9-10(2)14(3,4)5/h10,16H,7-9,15H2,1-6H3. The molecule has 18 heavy (non-hydrogen) atoms. The first-order valence-electron chi connectivity index (χ1n) is 6.82. The van der Waals surface area contributed by atoms with E-state index in [1.54, 1.807) is 0 Å². The Balaban J connectivity index is 2.73. The van der Waals surface area contributed by atoms with Crippen LogP contribution < -0.4 is 11.1 Å². The summed E-state index contributed by atoms with van der Waals surface area (Å²) in [5, 5.41) is 7.91. The average Bonchev–Trinajstić information content (AvgIpc) is 2.51. The molecule has 0 saturated carbocycles. The van der Waals surface area contributed by atoms with Crippen molar-refractivity contribution in [2.24, 2.45) is 18.4 Å². The summed E-state index contributed by atoms with van der Waals surface area (Å²) in [5.74, 6) is 1.52. The van der Waals surface area contributed by atoms with Crippen molar-refractivity contribution in [3.63, 3.8) is 0 Å². The number of nitrogens with zero attached hydrogens (tertiary/aromatic N) is 2. The third-order valence-electron chi connectivity index (χ3n) is 3.70. The number of rotatable bonds is 5. The van der Waals surface area contributed by atoms with Gasteiger partial charge < -0.3 is 11.1 Å². The minimum atomic E-state index is 0.298. The molecule has 0 bridgehead atoms. The minimum Gasteiger partial charge on any atom is -0.394 e. The summed E-state index contributed by atoms with van der Waals surface area (Å²) in [6, 6.07) is 0. The highest BCUT2D eigenvalue weighted by Crippen LogP contribution is 2.27. The van der Waals surface area contributed by atoms with E-state index in [1.165, 1.54) is 0 Å². The number of nitrogen functional groups attached to an aromatic ring is 1. The Morgan fingerprint density at radius 1 is 1.39 bits per heavy atom. The Bertz CT molecular complexity index is 387. The Morgan fingerprint density at radius 2 is 2.00 bits per heavy atom. The van der Waals surface area contributed by atoms with E-state index in [4.69, 9.17) is 5.73 Å². The van der Waals surface area contributed by atoms with Gasteiger partial charge in [0, 0.05) is 13.6 Å². The van der Waals surface area contributed by atoms with Gasteiger partial charge in [-0.2, -0.15) is 5.10 Å². The van der Waals surface area contributed by atoms with Crippen LogP contribution in [0.1, 0.15) is 46.7 Å². The zero-order valence-corrected chi connectivity index (χ0v) is 12.7. The first kappa shape index (κ1) is 14.9. The van der Waals surface area contributed by atoms with Crippen LogP contribution in [0.2, 0.25) is 0 Å². The highest BCUT2D eigenvalue weighted by molar-refractivity contribution is 5.65. The summed E-state index contributed by atoms with van der Waals surface area (Å²) >= 11 is 0. The second-order valence-corrected chi connectivity index (χ2v) is 6.23. The molecule has 0 aliphatic carbocycles. The first-order chi connectivity index (χ1) is 8.27. The number of hydrogen-bond acceptors (Lipinski definition) is 3. The van der Waals surface area contributed by atoms with Crippen molar-refractivity contribution < 1.29 is 0 Å². The van der Waals surface area contributed by atoms with Crippen molar-refractivity contribution in [3.8, 4) is 0 Å². The Kier molecular flexibility index (Phi) is 4.65. The summed E-state index contributed by atoms with van der Waals surface area (Å²) < 4.78 is 1.86. The summed E-state index contributed by atoms with van der Waals surface area (Å²) in [6.07, 6.45) is 2.01. The van der Waals surface area contributed by atoms with Crippen LogP contribution in [0.25, 0.3) is 0 Å². The van der Waals surface area contributed by atoms with Crippen LogP contribution in [0, 0.1) is 11.3 Å². The predicted octanol–water partition coefficient (Wildman–Crippen LogP) is 3.05. The highest BCUT2D eigenvalue weighted by Gasteiger charge is 2.21. The Hall–Kier alpha value is -1.19. The molecular weight excluding hydrogens is 224 g/mol. The van der Waals surface area contributed by atoms with Crippen LogP contribution in [-0.4, -0.2) is 16.3 Å². The van der Waals surface area contributed by atoms with Gasteiger partial charge in [-0.3, -0.25) is 4.68 Å². The number of aromatic nitrogens is 2. The van der Waals surface area contributed by atoms with Crippen LogP contribution >= 0.6 is 0 Å². The van der Waals surface area contributed by atoms with E-state index in [2.05, 4.69) is 45.0 Å². The first-order valence-corrected chi connectivity index (χ1v) is 6.82. The molecule has 0 spiro atoms. The molecule has 3 N–H and O–H groups in total. The zero-order valence-electron chi connectivity index (χ0n) is 12.7. The van der Waals surface area contributed by atoms with Crippen LogP contribution in [0.3, 0.4) is 0 Å². The molecule has 1 unspecified atom stereocenters. The van der Waals surface area contributed by atoms with Gasteiger partial charge in [0.1, 0.15) is 5.82 Å². The van der Waals surface area contributed by atoms with Crippen LogP contribution in [-0.2, 0) is 13.5 Å². The van der Waals surface area contributed by atoms with Gasteiger partial charge in [0.15, 0.2) is 0 Å². The van der Waals surface area contributed by atoms with Crippen LogP contribution in [0.4, 0.5) is 11.5 Å². The molecule has 4 nitrogen and oxygen atoms in total. The fourth-order valence-corrected chi connectivity index (χ4v) is 1.78. The van der Waals surface area contributed by atoms with E-state index >= 15 is 0 Å². The molecule has 1 atom stereocenters. The maximum absolute atomic E-state index is 6.14. The zero-order chi connectivity index (χ0) is 13.9. The molecule has 1 heterocycles. The van der Waals surface area contributed by atoms with Crippen LogP contribution in [0.15, 0.2) is 0 Å². The minimum absolute atomic E-state index is 0.298. The molecule has 0 amide bonds. The molecule has 0 aliphatic heterocycles. The van der Waals surface area contributed by atoms with Crippen molar-refractivity contribution >= 4 is 11.5 Å². The van der Waals surface area contributed by atoms with E-state index in [-0.39, 0.29) is 0 Å². The SMILES string of the molecule is CCCc1nn(C)c(NCC(C)C(C)(C)C)c1N. The maximum atomic E-state index is 6.14. The number of nitrogens with two attached hydrogens (primary N) is 1. The molecule has 1 rings (SSSR count). The molecule has 1 aromatic rings. The number of hydrogen-bond donors (Lipinski definition) is 2. The molecule has 0 aromatic carbocycles. The van der Waals surface area contributed by atoms with Gasteiger partial charge in [-0.15, -0.1) is 0 Å². The molecule has 0 radical (unpaired) electrons. The number of aryl methyl sites for hydroxylation is 2. The molecule has 4 heteroatoms. The number of anilines is 2. The largest absolute Gasteiger partial charge is 0.394 e. The fraction of sp³-hybridized carbons (Fsp3) is 0.786. The molecule has 104 valence electrons. The average molecular weight is 252 g/mol. The predicted molar refractivity (Wildman–Crippen MR) is 78.7 cm³/mol. The quantitative estimate of drug-likeness (QED) is 0.847. The van der Waals surface area contributed by atoms with Crippen molar-refractivity contribution in [1.29, 1.82) is 0 Å². The third kappa shape index (κ3) is 3.40. The van der Waals surface area contributed by atoms with Gasteiger partial charge in [-0.05, 0) is 17.8 Å². The van der Waals surface area contributed by atoms with Gasteiger partial charge in [0.25, 0.3) is 0 Å². The lowest BCUT2D eigenvalue weighted by Gasteiger charge is -2.27. The summed E-state index contributed by atoms with van der Waals surface area (Å²) in [5.41, 5.74) is 8.25. The van der Waals surface area contributed by atoms with Crippen molar-refractivity contribution in [3.05, 3.63) is 5.69 Å². The summed E-state index contributed by atoms with van der Waals surface area (Å²) in [7, 11) is 1.94. The van der Waals surface area contributed by atoms with Gasteiger partial charge in [-0.1, -0.05) is 41.0 Å². The van der Waals surface area contributed by atoms with Gasteiger partial charge in [0.05, 0.1) is 11.4 Å². The Morgan fingerprint density at radius 3 is 2.50 bits per heavy atom. The van der Waals surface area contributed by atoms with Crippen molar-refractivity contribution in [2.45, 2.75) is 47.5 Å². The van der Waals surface area contributed by atoms with E-state index in [9.17, 15) is 0 Å². The van der Waals surface area contributed by atoms with Crippen LogP contribution in [0.5, 0.6) is 0 Å². The molecule has 0 aliphatic rings. The lowest BCUT2D eigenvalue weighted by atomic mass is 9.82. The van der Waals surface area contributed by atoms with Crippen molar-refractivity contribution in [1.82, 2.24) is 9.78 Å². The van der Waals surface area contributed by atoms with E-state index < -0.39 is 0 Å². The molecular formula is C14H28N4. The molecule has 1 aromatic heterocycles. The smallest absolute Gasteiger partial charge is 0.147 e. The lowest BCUT2D eigenvalue weighted by molar-refractivity contribution is 0.274. The van der Waals surface area contributed by atoms with Gasteiger partial charge >= 0.3 is 0 Å². The number of nitrogens with one attached hydrogen (secondary N) is 1. The second kappa shape index (κ2) is 5.63. The topological polar surface area (TPSA) is 55.9 Å². The normalized spacial score (nSPS) is 13.7. The maximum Gasteiger partial charge on any atom is 0.147 e. The monoisotopic (exact) mass is 252 g/mol. The Labute approximate surface area is 111 Å². The van der Waals surface area contributed by atoms with E-state index in [0.717, 1.165) is 36.6 Å². The van der Waals surface area contributed by atoms with Gasteiger partial charge in [0.2, 0.25) is 0 Å². The van der Waals surface area contributed by atoms with E-state index in [0.29, 0.717) is 11.3 Å². The van der Waals surface area contributed by atoms with Gasteiger partial charge in [-0.25, -0.2) is 0 Å². The fourth-order valence-electron chi connectivity index (χ4n) is 1.78. The summed E-state index contributed by atoms with van der Waals surface area (Å²) in [6.45, 7) is 12.1. The molecule has 0 saturated heterocycles. The third-order valence-corrected chi connectivity index (χ3v) is 3.70. The molecule has 0 fully saturated rings. The highest BCUT2D eigenvalue weighted by atomic mass is 15.3. The van der Waals surface area contributed by atoms with E-state index in [1.807, 2.05) is 11.7 Å². The van der Waals surface area contributed by atoms with Crippen molar-refractivity contribution in [2.75, 3.05) is 17.6 Å². The second-order valence-electron chi connectivity index (χ2n) is 6.23. The lowest BCUT2D eigenvalue weighted by Crippen LogP contribution is -2.25. The summed E-state index contributed by atoms with van der Waals surface area (Å²) in [4.78, 5) is 0.